The van der Waals surface area contributed by atoms with Crippen LogP contribution in [0.2, 0.25) is 0 Å². The maximum absolute atomic E-state index is 11.6. The van der Waals surface area contributed by atoms with E-state index in [1.165, 1.54) is 0 Å². The highest BCUT2D eigenvalue weighted by molar-refractivity contribution is 8.13. The lowest BCUT2D eigenvalue weighted by atomic mass is 10.5. The summed E-state index contributed by atoms with van der Waals surface area (Å²) >= 11 is 0. The molecule has 0 saturated carbocycles. The highest BCUT2D eigenvalue weighted by atomic mass is 32.2. The minimum atomic E-state index is -1.58. The molecule has 1 rings (SSSR count). The summed E-state index contributed by atoms with van der Waals surface area (Å²) in [7, 11) is -0.0193. The number of hydrogen-bond acceptors (Lipinski definition) is 1. The number of allylic oxidation sites excluding steroid dienone is 3. The molecule has 1 aliphatic heterocycles. The Hall–Kier alpha value is -0.640. The van der Waals surface area contributed by atoms with Crippen molar-refractivity contribution < 1.29 is 8.78 Å². The molecule has 68 valence electrons. The van der Waals surface area contributed by atoms with Crippen LogP contribution in [0, 0.1) is 0 Å². The summed E-state index contributed by atoms with van der Waals surface area (Å²) in [6.07, 6.45) is 1.81. The molecule has 0 fully saturated rings. The Balaban J connectivity index is 2.23. The number of nitrogens with one attached hydrogen (secondary N) is 1. The minimum Gasteiger partial charge on any atom is -0.339 e. The fraction of sp³-hybridized carbons (Fsp3) is 0.375. The first-order valence-electron chi connectivity index (χ1n) is 3.68. The Morgan fingerprint density at radius 2 is 2.42 bits per heavy atom. The first kappa shape index (κ1) is 9.45. The quantitative estimate of drug-likeness (QED) is 0.676. The van der Waals surface area contributed by atoms with Gasteiger partial charge in [-0.2, -0.15) is 8.78 Å². The second-order valence-electron chi connectivity index (χ2n) is 2.50. The topological polar surface area (TPSA) is 12.0 Å². The minimum absolute atomic E-state index is 0.0193. The van der Waals surface area contributed by atoms with E-state index in [4.69, 9.17) is 0 Å². The molecule has 1 N–H and O–H groups in total. The normalized spacial score (nSPS) is 20.9. The van der Waals surface area contributed by atoms with Gasteiger partial charge in [-0.05, 0) is 30.9 Å². The molecule has 1 aliphatic rings. The monoisotopic (exact) mass is 191 g/mol. The molecule has 0 spiro atoms. The van der Waals surface area contributed by atoms with Crippen LogP contribution in [0.25, 0.3) is 0 Å². The van der Waals surface area contributed by atoms with E-state index in [1.807, 2.05) is 18.4 Å². The van der Waals surface area contributed by atoms with Gasteiger partial charge in [-0.25, -0.2) is 0 Å². The fourth-order valence-corrected chi connectivity index (χ4v) is 2.40. The summed E-state index contributed by atoms with van der Waals surface area (Å²) in [5, 5.41) is 2.03. The molecule has 0 aromatic carbocycles. The van der Waals surface area contributed by atoms with Crippen molar-refractivity contribution in [3.05, 3.63) is 23.9 Å². The summed E-state index contributed by atoms with van der Waals surface area (Å²) < 4.78 is 26.4. The van der Waals surface area contributed by atoms with E-state index in [-0.39, 0.29) is 10.7 Å². The molecule has 0 aromatic heterocycles. The highest BCUT2D eigenvalue weighted by Crippen LogP contribution is 2.16. The third-order valence-electron chi connectivity index (χ3n) is 1.41. The summed E-state index contributed by atoms with van der Waals surface area (Å²) in [5.74, 6) is 0.755. The van der Waals surface area contributed by atoms with Crippen LogP contribution in [-0.4, -0.2) is 11.1 Å². The molecule has 1 heterocycles. The van der Waals surface area contributed by atoms with Crippen molar-refractivity contribution in [3.63, 3.8) is 0 Å². The van der Waals surface area contributed by atoms with Crippen molar-refractivity contribution in [2.75, 3.05) is 5.75 Å². The van der Waals surface area contributed by atoms with Gasteiger partial charge in [0.1, 0.15) is 0 Å². The third kappa shape index (κ3) is 3.17. The SMILES string of the molecule is CC1=CC=S(CCC=C(F)F)N1. The molecule has 0 radical (unpaired) electrons. The smallest absolute Gasteiger partial charge is 0.266 e. The van der Waals surface area contributed by atoms with Gasteiger partial charge in [-0.3, -0.25) is 0 Å². The van der Waals surface area contributed by atoms with E-state index in [0.717, 1.165) is 17.5 Å². The maximum Gasteiger partial charge on any atom is 0.266 e. The molecular formula is C8H11F2NS. The van der Waals surface area contributed by atoms with Gasteiger partial charge < -0.3 is 4.72 Å². The summed E-state index contributed by atoms with van der Waals surface area (Å²) in [4.78, 5) is 0. The van der Waals surface area contributed by atoms with Crippen LogP contribution in [0.5, 0.6) is 0 Å². The van der Waals surface area contributed by atoms with Crippen molar-refractivity contribution in [2.24, 2.45) is 0 Å². The van der Waals surface area contributed by atoms with Crippen LogP contribution in [0.3, 0.4) is 0 Å². The number of rotatable bonds is 3. The Morgan fingerprint density at radius 3 is 2.92 bits per heavy atom. The van der Waals surface area contributed by atoms with Crippen molar-refractivity contribution >= 4 is 16.0 Å². The predicted molar refractivity (Wildman–Crippen MR) is 50.3 cm³/mol. The van der Waals surface area contributed by atoms with Gasteiger partial charge >= 0.3 is 0 Å². The average molecular weight is 191 g/mol. The number of halogens is 2. The lowest BCUT2D eigenvalue weighted by Crippen LogP contribution is -1.99. The Kier molecular flexibility index (Phi) is 3.47. The van der Waals surface area contributed by atoms with Crippen molar-refractivity contribution in [3.8, 4) is 0 Å². The number of hydrogen-bond donors (Lipinski definition) is 1. The predicted octanol–water partition coefficient (Wildman–Crippen LogP) is 2.65. The Morgan fingerprint density at radius 1 is 1.67 bits per heavy atom. The zero-order chi connectivity index (χ0) is 8.97. The van der Waals surface area contributed by atoms with E-state index in [9.17, 15) is 8.78 Å². The van der Waals surface area contributed by atoms with E-state index < -0.39 is 6.08 Å². The van der Waals surface area contributed by atoms with Crippen molar-refractivity contribution in [1.82, 2.24) is 4.72 Å². The average Bonchev–Trinajstić information content (AvgIpc) is 2.35. The molecule has 0 amide bonds. The lowest BCUT2D eigenvalue weighted by molar-refractivity contribution is 0.418. The molecule has 0 aliphatic carbocycles. The van der Waals surface area contributed by atoms with Gasteiger partial charge in [0.25, 0.3) is 6.08 Å². The Bertz CT molecular complexity index is 252. The van der Waals surface area contributed by atoms with Crippen molar-refractivity contribution in [1.29, 1.82) is 0 Å². The molecule has 1 unspecified atom stereocenters. The highest BCUT2D eigenvalue weighted by Gasteiger charge is 2.00. The van der Waals surface area contributed by atoms with Gasteiger partial charge in [0.05, 0.1) is 0 Å². The van der Waals surface area contributed by atoms with Crippen LogP contribution >= 0.6 is 10.7 Å². The third-order valence-corrected chi connectivity index (χ3v) is 3.14. The summed E-state index contributed by atoms with van der Waals surface area (Å²) in [5.41, 5.74) is 1.11. The van der Waals surface area contributed by atoms with Gasteiger partial charge in [0.2, 0.25) is 0 Å². The summed E-state index contributed by atoms with van der Waals surface area (Å²) in [6.45, 7) is 1.97. The van der Waals surface area contributed by atoms with Gasteiger partial charge in [-0.15, -0.1) is 0 Å². The van der Waals surface area contributed by atoms with Gasteiger partial charge in [-0.1, -0.05) is 10.7 Å². The molecule has 1 nitrogen and oxygen atoms in total. The molecular weight excluding hydrogens is 180 g/mol. The largest absolute Gasteiger partial charge is 0.339 e. The first-order valence-corrected chi connectivity index (χ1v) is 5.13. The fourth-order valence-electron chi connectivity index (χ4n) is 0.873. The Labute approximate surface area is 73.2 Å². The van der Waals surface area contributed by atoms with E-state index >= 15 is 0 Å². The van der Waals surface area contributed by atoms with E-state index in [1.54, 1.807) is 0 Å². The zero-order valence-electron chi connectivity index (χ0n) is 6.81. The molecule has 0 aromatic rings. The van der Waals surface area contributed by atoms with E-state index in [0.29, 0.717) is 6.42 Å². The maximum atomic E-state index is 11.6. The molecule has 1 atom stereocenters. The van der Waals surface area contributed by atoms with Gasteiger partial charge in [0, 0.05) is 11.4 Å². The standard InChI is InChI=1S/C8H11F2NS/c1-7-4-6-12(11-7)5-2-3-8(9)10/h3-4,6,11H,2,5H2,1H3. The van der Waals surface area contributed by atoms with Crippen molar-refractivity contribution in [2.45, 2.75) is 13.3 Å². The molecule has 12 heavy (non-hydrogen) atoms. The first-order chi connectivity index (χ1) is 5.68. The lowest BCUT2D eigenvalue weighted by Gasteiger charge is -2.04. The molecule has 0 bridgehead atoms. The summed E-state index contributed by atoms with van der Waals surface area (Å²) in [6, 6.07) is 0. The van der Waals surface area contributed by atoms with Crippen LogP contribution in [0.15, 0.2) is 23.9 Å². The van der Waals surface area contributed by atoms with Crippen LogP contribution in [0.4, 0.5) is 8.78 Å². The molecule has 4 heteroatoms. The van der Waals surface area contributed by atoms with Crippen LogP contribution in [-0.2, 0) is 0 Å². The molecule has 0 saturated heterocycles. The van der Waals surface area contributed by atoms with Gasteiger partial charge in [0.15, 0.2) is 0 Å². The zero-order valence-corrected chi connectivity index (χ0v) is 7.63. The van der Waals surface area contributed by atoms with Crippen LogP contribution in [0.1, 0.15) is 13.3 Å². The second kappa shape index (κ2) is 4.40. The van der Waals surface area contributed by atoms with E-state index in [2.05, 4.69) is 4.72 Å². The second-order valence-corrected chi connectivity index (χ2v) is 4.25. The van der Waals surface area contributed by atoms with Crippen LogP contribution < -0.4 is 4.72 Å².